The van der Waals surface area contributed by atoms with E-state index in [4.69, 9.17) is 14.2 Å². The lowest BCUT2D eigenvalue weighted by Crippen LogP contribution is -2.54. The van der Waals surface area contributed by atoms with Crippen molar-refractivity contribution in [2.24, 2.45) is 23.2 Å². The predicted octanol–water partition coefficient (Wildman–Crippen LogP) is 4.86. The number of allylic oxidation sites excluding steroid dienone is 1. The van der Waals surface area contributed by atoms with Crippen molar-refractivity contribution in [1.82, 2.24) is 0 Å². The molecule has 0 spiro atoms. The van der Waals surface area contributed by atoms with Crippen molar-refractivity contribution in [3.63, 3.8) is 0 Å². The number of ether oxygens (including phenoxy) is 3. The van der Waals surface area contributed by atoms with Crippen LogP contribution < -0.4 is 4.74 Å². The highest BCUT2D eigenvalue weighted by Gasteiger charge is 2.54. The number of hydrogen-bond acceptors (Lipinski definition) is 5. The van der Waals surface area contributed by atoms with Crippen molar-refractivity contribution < 1.29 is 23.8 Å². The van der Waals surface area contributed by atoms with Gasteiger partial charge in [0.25, 0.3) is 0 Å². The summed E-state index contributed by atoms with van der Waals surface area (Å²) in [4.78, 5) is 23.7. The first kappa shape index (κ1) is 21.6. The smallest absolute Gasteiger partial charge is 0.310 e. The van der Waals surface area contributed by atoms with Crippen molar-refractivity contribution in [2.45, 2.75) is 53.6 Å². The molecule has 29 heavy (non-hydrogen) atoms. The van der Waals surface area contributed by atoms with Crippen LogP contribution in [0.4, 0.5) is 0 Å². The van der Waals surface area contributed by atoms with Crippen LogP contribution >= 0.6 is 0 Å². The fourth-order valence-corrected chi connectivity index (χ4v) is 4.86. The maximum absolute atomic E-state index is 11.9. The molecule has 1 aromatic rings. The minimum Gasteiger partial charge on any atom is -0.465 e. The van der Waals surface area contributed by atoms with E-state index in [1.165, 1.54) is 5.57 Å². The van der Waals surface area contributed by atoms with Gasteiger partial charge in [-0.3, -0.25) is 9.59 Å². The molecule has 5 atom stereocenters. The summed E-state index contributed by atoms with van der Waals surface area (Å²) in [6.45, 7) is 11.0. The molecule has 5 nitrogen and oxygen atoms in total. The zero-order valence-corrected chi connectivity index (χ0v) is 18.1. The molecule has 158 valence electrons. The number of benzene rings is 1. The van der Waals surface area contributed by atoms with Crippen molar-refractivity contribution in [3.05, 3.63) is 41.5 Å². The average molecular weight is 401 g/mol. The van der Waals surface area contributed by atoms with Crippen LogP contribution in [0.25, 0.3) is 0 Å². The van der Waals surface area contributed by atoms with Gasteiger partial charge < -0.3 is 14.2 Å². The van der Waals surface area contributed by atoms with Crippen molar-refractivity contribution in [3.8, 4) is 5.75 Å². The molecule has 0 aromatic heterocycles. The molecule has 1 aromatic carbocycles. The number of para-hydroxylation sites is 1. The molecule has 0 N–H and O–H groups in total. The molecule has 1 aliphatic heterocycles. The Balaban J connectivity index is 1.94. The molecule has 0 unspecified atom stereocenters. The van der Waals surface area contributed by atoms with Crippen LogP contribution in [0.15, 0.2) is 35.9 Å². The Kier molecular flexibility index (Phi) is 6.47. The Morgan fingerprint density at radius 1 is 1.14 bits per heavy atom. The molecule has 3 rings (SSSR count). The van der Waals surface area contributed by atoms with Crippen LogP contribution in [0.5, 0.6) is 5.75 Å². The highest BCUT2D eigenvalue weighted by Crippen LogP contribution is 2.57. The molecular formula is C24H32O5. The summed E-state index contributed by atoms with van der Waals surface area (Å²) in [5.74, 6) is 0.746. The van der Waals surface area contributed by atoms with E-state index in [9.17, 15) is 9.59 Å². The van der Waals surface area contributed by atoms with Crippen LogP contribution in [0.2, 0.25) is 0 Å². The SMILES string of the molecule is CCC(=O)OC[C@]12CO[C@H](c3ccccc3OC(=O)CC)[C@H](C(C)=C[C@@H]1C)[C@@H]2C. The Labute approximate surface area is 173 Å². The lowest BCUT2D eigenvalue weighted by Gasteiger charge is -2.55. The van der Waals surface area contributed by atoms with Crippen molar-refractivity contribution in [1.29, 1.82) is 0 Å². The van der Waals surface area contributed by atoms with Crippen molar-refractivity contribution >= 4 is 11.9 Å². The molecule has 1 saturated heterocycles. The summed E-state index contributed by atoms with van der Waals surface area (Å²) in [6.07, 6.45) is 2.78. The van der Waals surface area contributed by atoms with Gasteiger partial charge in [0.15, 0.2) is 0 Å². The second kappa shape index (κ2) is 8.70. The van der Waals surface area contributed by atoms with Gasteiger partial charge in [0.2, 0.25) is 0 Å². The van der Waals surface area contributed by atoms with Gasteiger partial charge in [-0.2, -0.15) is 0 Å². The molecule has 0 saturated carbocycles. The van der Waals surface area contributed by atoms with E-state index in [0.717, 1.165) is 5.56 Å². The Hall–Kier alpha value is -2.14. The largest absolute Gasteiger partial charge is 0.465 e. The normalized spacial score (nSPS) is 31.0. The number of rotatable bonds is 6. The van der Waals surface area contributed by atoms with Gasteiger partial charge >= 0.3 is 11.9 Å². The second-order valence-corrected chi connectivity index (χ2v) is 8.36. The first-order valence-electron chi connectivity index (χ1n) is 10.6. The molecular weight excluding hydrogens is 368 g/mol. The number of carbonyl (C=O) groups is 2. The molecule has 1 fully saturated rings. The van der Waals surface area contributed by atoms with Gasteiger partial charge in [0.1, 0.15) is 5.75 Å². The molecule has 1 heterocycles. The van der Waals surface area contributed by atoms with Crippen LogP contribution in [-0.2, 0) is 19.1 Å². The highest BCUT2D eigenvalue weighted by molar-refractivity contribution is 5.72. The van der Waals surface area contributed by atoms with Gasteiger partial charge in [-0.15, -0.1) is 0 Å². The van der Waals surface area contributed by atoms with Gasteiger partial charge in [-0.25, -0.2) is 0 Å². The number of carbonyl (C=O) groups excluding carboxylic acids is 2. The van der Waals surface area contributed by atoms with E-state index < -0.39 is 0 Å². The highest BCUT2D eigenvalue weighted by atomic mass is 16.5. The summed E-state index contributed by atoms with van der Waals surface area (Å²) >= 11 is 0. The Morgan fingerprint density at radius 3 is 2.52 bits per heavy atom. The lowest BCUT2D eigenvalue weighted by molar-refractivity contribution is -0.182. The number of hydrogen-bond donors (Lipinski definition) is 0. The van der Waals surface area contributed by atoms with E-state index in [1.54, 1.807) is 6.92 Å². The monoisotopic (exact) mass is 400 g/mol. The summed E-state index contributed by atoms with van der Waals surface area (Å²) in [5, 5.41) is 0. The van der Waals surface area contributed by atoms with Crippen LogP contribution in [0.3, 0.4) is 0 Å². The second-order valence-electron chi connectivity index (χ2n) is 8.36. The van der Waals surface area contributed by atoms with Gasteiger partial charge in [-0.1, -0.05) is 57.5 Å². The van der Waals surface area contributed by atoms with E-state index in [0.29, 0.717) is 31.8 Å². The van der Waals surface area contributed by atoms with E-state index in [2.05, 4.69) is 26.8 Å². The lowest BCUT2D eigenvalue weighted by atomic mass is 9.56. The van der Waals surface area contributed by atoms with Gasteiger partial charge in [-0.05, 0) is 24.8 Å². The summed E-state index contributed by atoms with van der Waals surface area (Å²) < 4.78 is 17.6. The Bertz CT molecular complexity index is 798. The summed E-state index contributed by atoms with van der Waals surface area (Å²) in [5.41, 5.74) is 1.91. The molecule has 2 aliphatic rings. The number of esters is 2. The molecule has 1 aliphatic carbocycles. The molecule has 0 radical (unpaired) electrons. The first-order valence-corrected chi connectivity index (χ1v) is 10.6. The quantitative estimate of drug-likeness (QED) is 0.388. The fraction of sp³-hybridized carbons (Fsp3) is 0.583. The van der Waals surface area contributed by atoms with Crippen LogP contribution in [0, 0.1) is 23.2 Å². The standard InChI is InChI=1S/C24H32O5/c1-6-20(25)27-13-24-14-28-23(22(17(24)5)15(3)12-16(24)4)18-10-8-9-11-19(18)29-21(26)7-2/h8-12,16-17,22-23H,6-7,13-14H2,1-5H3/t16-,17-,22+,23+,24-/m0/s1. The third-order valence-electron chi connectivity index (χ3n) is 6.78. The summed E-state index contributed by atoms with van der Waals surface area (Å²) in [7, 11) is 0. The third kappa shape index (κ3) is 3.97. The van der Waals surface area contributed by atoms with Crippen LogP contribution in [-0.4, -0.2) is 25.2 Å². The topological polar surface area (TPSA) is 61.8 Å². The molecule has 0 amide bonds. The summed E-state index contributed by atoms with van der Waals surface area (Å²) in [6, 6.07) is 7.62. The van der Waals surface area contributed by atoms with E-state index in [1.807, 2.05) is 31.2 Å². The zero-order chi connectivity index (χ0) is 21.2. The number of fused-ring (bicyclic) bond motifs is 2. The third-order valence-corrected chi connectivity index (χ3v) is 6.78. The first-order chi connectivity index (χ1) is 13.8. The maximum Gasteiger partial charge on any atom is 0.310 e. The fourth-order valence-electron chi connectivity index (χ4n) is 4.86. The van der Waals surface area contributed by atoms with E-state index >= 15 is 0 Å². The Morgan fingerprint density at radius 2 is 1.83 bits per heavy atom. The minimum atomic E-state index is -0.258. The van der Waals surface area contributed by atoms with E-state index in [-0.39, 0.29) is 41.2 Å². The zero-order valence-electron chi connectivity index (χ0n) is 18.1. The molecule has 5 heteroatoms. The van der Waals surface area contributed by atoms with Gasteiger partial charge in [0.05, 0.1) is 19.3 Å². The maximum atomic E-state index is 11.9. The molecule has 2 bridgehead atoms. The average Bonchev–Trinajstić information content (AvgIpc) is 2.71. The van der Waals surface area contributed by atoms with Crippen molar-refractivity contribution in [2.75, 3.05) is 13.2 Å². The van der Waals surface area contributed by atoms with Crippen LogP contribution in [0.1, 0.15) is 59.1 Å². The minimum absolute atomic E-state index is 0.127. The van der Waals surface area contributed by atoms with Gasteiger partial charge in [0, 0.05) is 29.7 Å². The predicted molar refractivity (Wildman–Crippen MR) is 110 cm³/mol.